The summed E-state index contributed by atoms with van der Waals surface area (Å²) in [6, 6.07) is 9.16. The first-order chi connectivity index (χ1) is 9.51. The van der Waals surface area contributed by atoms with Crippen LogP contribution in [0.1, 0.15) is 32.8 Å². The summed E-state index contributed by atoms with van der Waals surface area (Å²) in [6.45, 7) is 9.46. The highest BCUT2D eigenvalue weighted by Crippen LogP contribution is 2.28. The van der Waals surface area contributed by atoms with E-state index in [1.54, 1.807) is 7.11 Å². The van der Waals surface area contributed by atoms with Crippen molar-refractivity contribution in [3.63, 3.8) is 0 Å². The third-order valence-electron chi connectivity index (χ3n) is 3.81. The van der Waals surface area contributed by atoms with Crippen LogP contribution in [0.4, 0.5) is 5.69 Å². The standard InChI is InChI=1S/C17H28N2O/c1-17(2,3)18-12-15(13-20-4)19-11-7-9-14-8-5-6-10-16(14)19/h5-6,8,10,15,18H,7,9,11-13H2,1-4H3. The first-order valence-corrected chi connectivity index (χ1v) is 7.60. The molecule has 1 N–H and O–H groups in total. The fourth-order valence-corrected chi connectivity index (χ4v) is 2.82. The number of methoxy groups -OCH3 is 1. The Kier molecular flexibility index (Phi) is 5.06. The van der Waals surface area contributed by atoms with E-state index in [0.29, 0.717) is 6.04 Å². The van der Waals surface area contributed by atoms with Crippen LogP contribution in [0.25, 0.3) is 0 Å². The maximum atomic E-state index is 5.46. The molecule has 2 rings (SSSR count). The zero-order valence-corrected chi connectivity index (χ0v) is 13.3. The van der Waals surface area contributed by atoms with Crippen molar-refractivity contribution in [1.82, 2.24) is 5.32 Å². The van der Waals surface area contributed by atoms with E-state index in [2.05, 4.69) is 55.3 Å². The molecule has 1 unspecified atom stereocenters. The number of anilines is 1. The minimum atomic E-state index is 0.140. The van der Waals surface area contributed by atoms with Gasteiger partial charge in [0.1, 0.15) is 0 Å². The van der Waals surface area contributed by atoms with Crippen LogP contribution in [0, 0.1) is 0 Å². The Labute approximate surface area is 123 Å². The molecule has 20 heavy (non-hydrogen) atoms. The van der Waals surface area contributed by atoms with Gasteiger partial charge in [0.25, 0.3) is 0 Å². The number of ether oxygens (including phenoxy) is 1. The first kappa shape index (κ1) is 15.3. The molecule has 0 saturated carbocycles. The lowest BCUT2D eigenvalue weighted by Crippen LogP contribution is -2.51. The van der Waals surface area contributed by atoms with Crippen LogP contribution in [0.3, 0.4) is 0 Å². The van der Waals surface area contributed by atoms with Crippen molar-refractivity contribution in [3.8, 4) is 0 Å². The Balaban J connectivity index is 2.13. The molecule has 0 bridgehead atoms. The van der Waals surface area contributed by atoms with Crippen molar-refractivity contribution in [1.29, 1.82) is 0 Å². The topological polar surface area (TPSA) is 24.5 Å². The van der Waals surface area contributed by atoms with E-state index in [9.17, 15) is 0 Å². The summed E-state index contributed by atoms with van der Waals surface area (Å²) in [7, 11) is 1.79. The van der Waals surface area contributed by atoms with Gasteiger partial charge in [-0.05, 0) is 45.2 Å². The van der Waals surface area contributed by atoms with Crippen molar-refractivity contribution >= 4 is 5.69 Å². The van der Waals surface area contributed by atoms with Gasteiger partial charge in [-0.25, -0.2) is 0 Å². The predicted molar refractivity (Wildman–Crippen MR) is 85.5 cm³/mol. The highest BCUT2D eigenvalue weighted by Gasteiger charge is 2.25. The van der Waals surface area contributed by atoms with E-state index in [4.69, 9.17) is 4.74 Å². The van der Waals surface area contributed by atoms with Gasteiger partial charge in [-0.15, -0.1) is 0 Å². The van der Waals surface area contributed by atoms with E-state index < -0.39 is 0 Å². The lowest BCUT2D eigenvalue weighted by Gasteiger charge is -2.39. The molecule has 0 aromatic heterocycles. The van der Waals surface area contributed by atoms with Gasteiger partial charge in [-0.1, -0.05) is 18.2 Å². The molecule has 0 fully saturated rings. The van der Waals surface area contributed by atoms with Gasteiger partial charge in [0.2, 0.25) is 0 Å². The van der Waals surface area contributed by atoms with Gasteiger partial charge in [0, 0.05) is 31.4 Å². The number of hydrogen-bond donors (Lipinski definition) is 1. The van der Waals surface area contributed by atoms with Gasteiger partial charge >= 0.3 is 0 Å². The molecule has 1 aromatic carbocycles. The largest absolute Gasteiger partial charge is 0.383 e. The molecule has 0 saturated heterocycles. The van der Waals surface area contributed by atoms with Crippen LogP contribution in [-0.4, -0.2) is 38.4 Å². The average Bonchev–Trinajstić information content (AvgIpc) is 2.42. The summed E-state index contributed by atoms with van der Waals surface area (Å²) >= 11 is 0. The van der Waals surface area contributed by atoms with Crippen LogP contribution >= 0.6 is 0 Å². The third kappa shape index (κ3) is 3.97. The van der Waals surface area contributed by atoms with Gasteiger partial charge in [0.15, 0.2) is 0 Å². The molecule has 0 spiro atoms. The number of fused-ring (bicyclic) bond motifs is 1. The van der Waals surface area contributed by atoms with Crippen molar-refractivity contribution < 1.29 is 4.74 Å². The fourth-order valence-electron chi connectivity index (χ4n) is 2.82. The van der Waals surface area contributed by atoms with E-state index in [-0.39, 0.29) is 5.54 Å². The normalized spacial score (nSPS) is 16.9. The molecule has 1 aliphatic heterocycles. The Morgan fingerprint density at radius 2 is 2.05 bits per heavy atom. The minimum Gasteiger partial charge on any atom is -0.383 e. The zero-order valence-electron chi connectivity index (χ0n) is 13.3. The fraction of sp³-hybridized carbons (Fsp3) is 0.647. The molecule has 1 aliphatic rings. The van der Waals surface area contributed by atoms with Gasteiger partial charge in [-0.3, -0.25) is 0 Å². The molecule has 3 nitrogen and oxygen atoms in total. The number of benzene rings is 1. The summed E-state index contributed by atoms with van der Waals surface area (Å²) in [6.07, 6.45) is 2.42. The number of nitrogens with one attached hydrogen (secondary N) is 1. The van der Waals surface area contributed by atoms with Crippen molar-refractivity contribution in [2.45, 2.75) is 45.2 Å². The van der Waals surface area contributed by atoms with E-state index in [1.165, 1.54) is 24.1 Å². The third-order valence-corrected chi connectivity index (χ3v) is 3.81. The molecule has 0 radical (unpaired) electrons. The summed E-state index contributed by atoms with van der Waals surface area (Å²) in [5, 5.41) is 3.61. The number of nitrogens with zero attached hydrogens (tertiary/aromatic N) is 1. The van der Waals surface area contributed by atoms with Crippen LogP contribution in [-0.2, 0) is 11.2 Å². The Hall–Kier alpha value is -1.06. The Morgan fingerprint density at radius 1 is 1.30 bits per heavy atom. The van der Waals surface area contributed by atoms with Crippen LogP contribution < -0.4 is 10.2 Å². The van der Waals surface area contributed by atoms with Crippen molar-refractivity contribution in [2.24, 2.45) is 0 Å². The average molecular weight is 276 g/mol. The number of aryl methyl sites for hydroxylation is 1. The maximum Gasteiger partial charge on any atom is 0.0678 e. The molecule has 0 aliphatic carbocycles. The Morgan fingerprint density at radius 3 is 2.75 bits per heavy atom. The SMILES string of the molecule is COCC(CNC(C)(C)C)N1CCCc2ccccc21. The molecular formula is C17H28N2O. The monoisotopic (exact) mass is 276 g/mol. The Bertz CT molecular complexity index is 425. The number of hydrogen-bond acceptors (Lipinski definition) is 3. The van der Waals surface area contributed by atoms with Crippen molar-refractivity contribution in [3.05, 3.63) is 29.8 Å². The van der Waals surface area contributed by atoms with Crippen molar-refractivity contribution in [2.75, 3.05) is 31.7 Å². The summed E-state index contributed by atoms with van der Waals surface area (Å²) < 4.78 is 5.46. The van der Waals surface area contributed by atoms with E-state index in [0.717, 1.165) is 19.7 Å². The molecule has 0 amide bonds. The van der Waals surface area contributed by atoms with Crippen LogP contribution in [0.2, 0.25) is 0 Å². The predicted octanol–water partition coefficient (Wildman–Crippen LogP) is 2.84. The maximum absolute atomic E-state index is 5.46. The second-order valence-corrected chi connectivity index (χ2v) is 6.67. The summed E-state index contributed by atoms with van der Waals surface area (Å²) in [5.74, 6) is 0. The molecule has 1 atom stereocenters. The summed E-state index contributed by atoms with van der Waals surface area (Å²) in [5.41, 5.74) is 2.99. The minimum absolute atomic E-state index is 0.140. The summed E-state index contributed by atoms with van der Waals surface area (Å²) in [4.78, 5) is 2.51. The lowest BCUT2D eigenvalue weighted by molar-refractivity contribution is 0.171. The quantitative estimate of drug-likeness (QED) is 0.895. The molecule has 3 heteroatoms. The first-order valence-electron chi connectivity index (χ1n) is 7.60. The van der Waals surface area contributed by atoms with E-state index in [1.807, 2.05) is 0 Å². The molecule has 1 heterocycles. The number of para-hydroxylation sites is 1. The zero-order chi connectivity index (χ0) is 14.6. The lowest BCUT2D eigenvalue weighted by atomic mass is 9.99. The smallest absolute Gasteiger partial charge is 0.0678 e. The van der Waals surface area contributed by atoms with Gasteiger partial charge in [-0.2, -0.15) is 0 Å². The van der Waals surface area contributed by atoms with E-state index >= 15 is 0 Å². The van der Waals surface area contributed by atoms with Crippen LogP contribution in [0.5, 0.6) is 0 Å². The molecule has 1 aromatic rings. The number of rotatable bonds is 5. The van der Waals surface area contributed by atoms with Gasteiger partial charge < -0.3 is 15.0 Å². The second kappa shape index (κ2) is 6.59. The highest BCUT2D eigenvalue weighted by molar-refractivity contribution is 5.56. The second-order valence-electron chi connectivity index (χ2n) is 6.67. The molecule has 112 valence electrons. The van der Waals surface area contributed by atoms with Gasteiger partial charge in [0.05, 0.1) is 12.6 Å². The van der Waals surface area contributed by atoms with Crippen LogP contribution in [0.15, 0.2) is 24.3 Å². The highest BCUT2D eigenvalue weighted by atomic mass is 16.5. The molecular weight excluding hydrogens is 248 g/mol.